The number of aryl methyl sites for hydroxylation is 1. The van der Waals surface area contributed by atoms with Crippen LogP contribution in [0.1, 0.15) is 59.6 Å². The van der Waals surface area contributed by atoms with E-state index in [9.17, 15) is 13.2 Å². The number of hydrazine groups is 1. The van der Waals surface area contributed by atoms with Gasteiger partial charge in [-0.2, -0.15) is 0 Å². The number of ether oxygens (including phenoxy) is 1. The number of nitrogens with one attached hydrogen (secondary N) is 2. The fourth-order valence-electron chi connectivity index (χ4n) is 4.46. The van der Waals surface area contributed by atoms with Crippen LogP contribution in [0.5, 0.6) is 5.75 Å². The lowest BCUT2D eigenvalue weighted by molar-refractivity contribution is 0.102. The zero-order valence-corrected chi connectivity index (χ0v) is 27.2. The third-order valence-electron chi connectivity index (χ3n) is 6.97. The highest BCUT2D eigenvalue weighted by molar-refractivity contribution is 7.92. The number of rotatable bonds is 12. The molecular formula is C31H45N7O4S. The second-order valence-electron chi connectivity index (χ2n) is 12.1. The van der Waals surface area contributed by atoms with E-state index in [-0.39, 0.29) is 16.9 Å². The van der Waals surface area contributed by atoms with Crippen LogP contribution < -0.4 is 31.4 Å². The summed E-state index contributed by atoms with van der Waals surface area (Å²) in [6.07, 6.45) is 3.69. The van der Waals surface area contributed by atoms with E-state index < -0.39 is 22.0 Å². The zero-order valence-electron chi connectivity index (χ0n) is 26.4. The number of anilines is 3. The van der Waals surface area contributed by atoms with Gasteiger partial charge in [0.15, 0.2) is 5.75 Å². The van der Waals surface area contributed by atoms with Crippen molar-refractivity contribution in [1.82, 2.24) is 9.88 Å². The molecule has 234 valence electrons. The molecule has 0 aliphatic carbocycles. The number of hydrogen-bond donors (Lipinski definition) is 4. The van der Waals surface area contributed by atoms with Crippen molar-refractivity contribution < 1.29 is 17.9 Å². The standard InChI is InChI=1S/C31H45N7O4S/c1-20-9-10-21(15-28(20)38(33)19-25(32)22-11-12-24(34-18-22)13-14-37(5)6)30(39)35-26-16-23(31(2,3)4)17-27(29(26)42-7)36-43(8,40)41/h9-12,15-18,25,36H,13-14,19,32-33H2,1-8H3,(H,35,39). The summed E-state index contributed by atoms with van der Waals surface area (Å²) < 4.78 is 32.2. The number of benzene rings is 2. The molecule has 0 spiro atoms. The van der Waals surface area contributed by atoms with Crippen molar-refractivity contribution in [2.45, 2.75) is 45.6 Å². The van der Waals surface area contributed by atoms with Crippen LogP contribution in [-0.4, -0.2) is 64.8 Å². The summed E-state index contributed by atoms with van der Waals surface area (Å²) >= 11 is 0. The minimum atomic E-state index is -3.61. The fraction of sp³-hybridized carbons (Fsp3) is 0.419. The molecule has 0 saturated carbocycles. The van der Waals surface area contributed by atoms with Gasteiger partial charge in [0.25, 0.3) is 5.91 Å². The first-order valence-electron chi connectivity index (χ1n) is 14.0. The van der Waals surface area contributed by atoms with E-state index in [0.29, 0.717) is 23.5 Å². The largest absolute Gasteiger partial charge is 0.492 e. The number of hydrogen-bond acceptors (Lipinski definition) is 9. The van der Waals surface area contributed by atoms with Gasteiger partial charge in [0.05, 0.1) is 43.0 Å². The van der Waals surface area contributed by atoms with Crippen molar-refractivity contribution in [3.8, 4) is 5.75 Å². The van der Waals surface area contributed by atoms with Crippen molar-refractivity contribution >= 4 is 33.0 Å². The summed E-state index contributed by atoms with van der Waals surface area (Å²) in [5.41, 5.74) is 11.3. The van der Waals surface area contributed by atoms with Crippen LogP contribution in [0.2, 0.25) is 0 Å². The molecule has 43 heavy (non-hydrogen) atoms. The van der Waals surface area contributed by atoms with E-state index in [1.165, 1.54) is 12.1 Å². The highest BCUT2D eigenvalue weighted by Crippen LogP contribution is 2.39. The summed E-state index contributed by atoms with van der Waals surface area (Å²) in [6, 6.07) is 12.3. The van der Waals surface area contributed by atoms with Crippen molar-refractivity contribution in [3.63, 3.8) is 0 Å². The van der Waals surface area contributed by atoms with Gasteiger partial charge in [-0.25, -0.2) is 14.3 Å². The fourth-order valence-corrected chi connectivity index (χ4v) is 5.01. The van der Waals surface area contributed by atoms with Crippen LogP contribution in [-0.2, 0) is 21.9 Å². The Morgan fingerprint density at radius 1 is 1.09 bits per heavy atom. The molecule has 0 radical (unpaired) electrons. The molecule has 1 atom stereocenters. The molecule has 1 amide bonds. The van der Waals surface area contributed by atoms with Crippen molar-refractivity contribution in [3.05, 3.63) is 76.6 Å². The number of carbonyl (C=O) groups excluding carboxylic acids is 1. The third-order valence-corrected chi connectivity index (χ3v) is 7.56. The van der Waals surface area contributed by atoms with E-state index in [1.807, 2.05) is 60.0 Å². The molecule has 1 unspecified atom stereocenters. The second kappa shape index (κ2) is 13.7. The molecule has 0 fully saturated rings. The molecule has 3 aromatic rings. The molecule has 3 rings (SSSR count). The average molecular weight is 612 g/mol. The van der Waals surface area contributed by atoms with E-state index in [1.54, 1.807) is 30.5 Å². The third kappa shape index (κ3) is 9.39. The van der Waals surface area contributed by atoms with Gasteiger partial charge in [-0.1, -0.05) is 32.9 Å². The number of carbonyl (C=O) groups is 1. The van der Waals surface area contributed by atoms with Crippen LogP contribution in [0, 0.1) is 6.92 Å². The number of methoxy groups -OCH3 is 1. The van der Waals surface area contributed by atoms with Gasteiger partial charge in [0.1, 0.15) is 0 Å². The van der Waals surface area contributed by atoms with Crippen molar-refractivity contribution in [1.29, 1.82) is 0 Å². The molecule has 11 nitrogen and oxygen atoms in total. The summed E-state index contributed by atoms with van der Waals surface area (Å²) in [5, 5.41) is 4.43. The number of amides is 1. The monoisotopic (exact) mass is 611 g/mol. The number of likely N-dealkylation sites (N-methyl/N-ethyl adjacent to an activating group) is 1. The topological polar surface area (TPSA) is 156 Å². The SMILES string of the molecule is COc1c(NC(=O)c2ccc(C)c(N(N)CC(N)c3ccc(CCN(C)C)nc3)c2)cc(C(C)(C)C)cc1NS(C)(=O)=O. The Morgan fingerprint density at radius 3 is 2.33 bits per heavy atom. The molecule has 6 N–H and O–H groups in total. The molecule has 0 aliphatic rings. The quantitative estimate of drug-likeness (QED) is 0.177. The number of pyridine rings is 1. The van der Waals surface area contributed by atoms with Crippen LogP contribution in [0.15, 0.2) is 48.7 Å². The first kappa shape index (κ1) is 33.8. The van der Waals surface area contributed by atoms with E-state index in [4.69, 9.17) is 16.3 Å². The Kier molecular flexibility index (Phi) is 10.8. The van der Waals surface area contributed by atoms with Gasteiger partial charge in [0.2, 0.25) is 10.0 Å². The summed E-state index contributed by atoms with van der Waals surface area (Å²) in [5.74, 6) is 6.26. The van der Waals surface area contributed by atoms with E-state index in [2.05, 4.69) is 19.9 Å². The second-order valence-corrected chi connectivity index (χ2v) is 13.8. The molecular weight excluding hydrogens is 566 g/mol. The lowest BCUT2D eigenvalue weighted by Gasteiger charge is -2.25. The smallest absolute Gasteiger partial charge is 0.255 e. The van der Waals surface area contributed by atoms with E-state index in [0.717, 1.165) is 41.6 Å². The minimum Gasteiger partial charge on any atom is -0.492 e. The molecule has 12 heteroatoms. The van der Waals surface area contributed by atoms with Crippen molar-refractivity contribution in [2.75, 3.05) is 55.6 Å². The molecule has 0 bridgehead atoms. The summed E-state index contributed by atoms with van der Waals surface area (Å²) in [6.45, 7) is 9.09. The minimum absolute atomic E-state index is 0.201. The predicted molar refractivity (Wildman–Crippen MR) is 174 cm³/mol. The van der Waals surface area contributed by atoms with Gasteiger partial charge < -0.3 is 25.7 Å². The molecule has 0 saturated heterocycles. The van der Waals surface area contributed by atoms with Gasteiger partial charge in [-0.05, 0) is 73.5 Å². The van der Waals surface area contributed by atoms with E-state index >= 15 is 0 Å². The first-order chi connectivity index (χ1) is 20.0. The van der Waals surface area contributed by atoms with Gasteiger partial charge in [-0.15, -0.1) is 0 Å². The number of nitrogens with two attached hydrogens (primary N) is 2. The Bertz CT molecular complexity index is 1530. The maximum absolute atomic E-state index is 13.5. The van der Waals surface area contributed by atoms with Crippen LogP contribution in [0.4, 0.5) is 17.1 Å². The maximum Gasteiger partial charge on any atom is 0.255 e. The molecule has 0 aliphatic heterocycles. The number of aromatic nitrogens is 1. The average Bonchev–Trinajstić information content (AvgIpc) is 2.90. The predicted octanol–water partition coefficient (Wildman–Crippen LogP) is 3.80. The van der Waals surface area contributed by atoms with Crippen LogP contribution in [0.3, 0.4) is 0 Å². The Morgan fingerprint density at radius 2 is 1.77 bits per heavy atom. The highest BCUT2D eigenvalue weighted by atomic mass is 32.2. The molecule has 1 heterocycles. The summed E-state index contributed by atoms with van der Waals surface area (Å²) in [7, 11) is 1.86. The van der Waals surface area contributed by atoms with Crippen LogP contribution >= 0.6 is 0 Å². The normalized spacial score (nSPS) is 12.6. The number of nitrogens with zero attached hydrogens (tertiary/aromatic N) is 3. The Labute approximate surface area is 255 Å². The lowest BCUT2D eigenvalue weighted by atomic mass is 9.86. The maximum atomic E-state index is 13.5. The highest BCUT2D eigenvalue weighted by Gasteiger charge is 2.23. The van der Waals surface area contributed by atoms with Gasteiger partial charge in [0, 0.05) is 30.4 Å². The number of sulfonamides is 1. The lowest BCUT2D eigenvalue weighted by Crippen LogP contribution is -2.38. The Balaban J connectivity index is 1.84. The van der Waals surface area contributed by atoms with Crippen molar-refractivity contribution in [2.24, 2.45) is 11.6 Å². The first-order valence-corrected chi connectivity index (χ1v) is 15.9. The van der Waals surface area contributed by atoms with Gasteiger partial charge >= 0.3 is 0 Å². The van der Waals surface area contributed by atoms with Gasteiger partial charge in [-0.3, -0.25) is 14.5 Å². The zero-order chi connectivity index (χ0) is 32.1. The van der Waals surface area contributed by atoms with Crippen LogP contribution in [0.25, 0.3) is 0 Å². The Hall–Kier alpha value is -3.71. The molecule has 2 aromatic carbocycles. The summed E-state index contributed by atoms with van der Waals surface area (Å²) in [4.78, 5) is 20.1. The molecule has 1 aromatic heterocycles.